The van der Waals surface area contributed by atoms with Gasteiger partial charge in [-0.3, -0.25) is 0 Å². The lowest BCUT2D eigenvalue weighted by Gasteiger charge is -2.10. The molecule has 1 rings (SSSR count). The second-order valence-electron chi connectivity index (χ2n) is 3.21. The molecule has 0 heteroatoms. The summed E-state index contributed by atoms with van der Waals surface area (Å²) >= 11 is 0. The fraction of sp³-hybridized carbons (Fsp3) is 0.333. The molecular formula is C12H16. The molecule has 0 spiro atoms. The highest BCUT2D eigenvalue weighted by molar-refractivity contribution is 5.31. The number of rotatable bonds is 3. The van der Waals surface area contributed by atoms with Crippen LogP contribution >= 0.6 is 0 Å². The van der Waals surface area contributed by atoms with Crippen molar-refractivity contribution >= 4 is 0 Å². The molecular weight excluding hydrogens is 144 g/mol. The highest BCUT2D eigenvalue weighted by Crippen LogP contribution is 2.19. The van der Waals surface area contributed by atoms with E-state index in [1.165, 1.54) is 11.1 Å². The van der Waals surface area contributed by atoms with Gasteiger partial charge in [0, 0.05) is 0 Å². The maximum atomic E-state index is 4.04. The Morgan fingerprint density at radius 1 is 1.42 bits per heavy atom. The van der Waals surface area contributed by atoms with Crippen molar-refractivity contribution in [2.24, 2.45) is 0 Å². The Kier molecular flexibility index (Phi) is 3.33. The Bertz CT molecular complexity index is 236. The van der Waals surface area contributed by atoms with Gasteiger partial charge in [0.2, 0.25) is 0 Å². The summed E-state index contributed by atoms with van der Waals surface area (Å²) in [5.74, 6) is 0.390. The molecule has 0 aliphatic rings. The predicted octanol–water partition coefficient (Wildman–Crippen LogP) is 3.39. The summed E-state index contributed by atoms with van der Waals surface area (Å²) in [4.78, 5) is 0. The van der Waals surface area contributed by atoms with Gasteiger partial charge in [-0.15, -0.1) is 0 Å². The minimum absolute atomic E-state index is 0.390. The molecule has 0 N–H and O–H groups in total. The molecule has 1 unspecified atom stereocenters. The number of benzene rings is 1. The summed E-state index contributed by atoms with van der Waals surface area (Å²) in [5.41, 5.74) is 2.78. The first-order valence-corrected chi connectivity index (χ1v) is 4.44. The molecule has 64 valence electrons. The third-order valence-corrected chi connectivity index (χ3v) is 2.01. The number of hydrogen-bond acceptors (Lipinski definition) is 0. The van der Waals surface area contributed by atoms with Gasteiger partial charge < -0.3 is 0 Å². The van der Waals surface area contributed by atoms with Gasteiger partial charge in [0.25, 0.3) is 0 Å². The van der Waals surface area contributed by atoms with E-state index in [9.17, 15) is 0 Å². The second-order valence-corrected chi connectivity index (χ2v) is 3.21. The summed E-state index contributed by atoms with van der Waals surface area (Å²) in [5, 5.41) is 0. The van der Waals surface area contributed by atoms with Crippen LogP contribution < -0.4 is 0 Å². The van der Waals surface area contributed by atoms with E-state index in [1.54, 1.807) is 0 Å². The summed E-state index contributed by atoms with van der Waals surface area (Å²) in [7, 11) is 0. The van der Waals surface area contributed by atoms with Crippen LogP contribution in [0.25, 0.3) is 0 Å². The van der Waals surface area contributed by atoms with E-state index in [2.05, 4.69) is 51.5 Å². The Labute approximate surface area is 75.6 Å². The molecule has 1 atom stereocenters. The van der Waals surface area contributed by atoms with Crippen LogP contribution in [0.2, 0.25) is 0 Å². The first-order chi connectivity index (χ1) is 5.75. The van der Waals surface area contributed by atoms with Crippen LogP contribution in [0.15, 0.2) is 24.3 Å². The lowest BCUT2D eigenvalue weighted by Crippen LogP contribution is -1.95. The van der Waals surface area contributed by atoms with E-state index in [1.807, 2.05) is 0 Å². The van der Waals surface area contributed by atoms with E-state index in [4.69, 9.17) is 0 Å². The molecule has 0 nitrogen and oxygen atoms in total. The molecule has 0 bridgehead atoms. The van der Waals surface area contributed by atoms with Gasteiger partial charge in [-0.2, -0.15) is 0 Å². The summed E-state index contributed by atoms with van der Waals surface area (Å²) in [6.45, 7) is 8.26. The van der Waals surface area contributed by atoms with Crippen molar-refractivity contribution in [2.75, 3.05) is 0 Å². The SMILES string of the molecule is [CH2]C(C)c1ccccc1C[CH]C. The van der Waals surface area contributed by atoms with Gasteiger partial charge >= 0.3 is 0 Å². The first kappa shape index (κ1) is 9.31. The van der Waals surface area contributed by atoms with Gasteiger partial charge in [-0.1, -0.05) is 38.1 Å². The second kappa shape index (κ2) is 4.30. The third kappa shape index (κ3) is 2.10. The van der Waals surface area contributed by atoms with Crippen LogP contribution in [0.4, 0.5) is 0 Å². The minimum atomic E-state index is 0.390. The summed E-state index contributed by atoms with van der Waals surface area (Å²) < 4.78 is 0. The molecule has 0 saturated heterocycles. The van der Waals surface area contributed by atoms with Crippen molar-refractivity contribution in [1.82, 2.24) is 0 Å². The van der Waals surface area contributed by atoms with E-state index < -0.39 is 0 Å². The van der Waals surface area contributed by atoms with Crippen molar-refractivity contribution < 1.29 is 0 Å². The first-order valence-electron chi connectivity index (χ1n) is 4.44. The molecule has 0 fully saturated rings. The van der Waals surface area contributed by atoms with Crippen LogP contribution in [0, 0.1) is 13.3 Å². The van der Waals surface area contributed by atoms with Crippen LogP contribution in [-0.4, -0.2) is 0 Å². The van der Waals surface area contributed by atoms with Crippen molar-refractivity contribution in [3.05, 3.63) is 48.7 Å². The minimum Gasteiger partial charge on any atom is -0.0620 e. The third-order valence-electron chi connectivity index (χ3n) is 2.01. The Morgan fingerprint density at radius 2 is 2.08 bits per heavy atom. The van der Waals surface area contributed by atoms with E-state index in [0.29, 0.717) is 5.92 Å². The highest BCUT2D eigenvalue weighted by atomic mass is 14.1. The smallest absolute Gasteiger partial charge is 0.0187 e. The van der Waals surface area contributed by atoms with Crippen LogP contribution in [0.3, 0.4) is 0 Å². The average molecular weight is 160 g/mol. The van der Waals surface area contributed by atoms with Gasteiger partial charge in [0.15, 0.2) is 0 Å². The van der Waals surface area contributed by atoms with Crippen molar-refractivity contribution in [3.63, 3.8) is 0 Å². The zero-order chi connectivity index (χ0) is 8.97. The predicted molar refractivity (Wildman–Crippen MR) is 53.9 cm³/mol. The molecule has 12 heavy (non-hydrogen) atoms. The van der Waals surface area contributed by atoms with Crippen LogP contribution in [0.1, 0.15) is 30.9 Å². The zero-order valence-electron chi connectivity index (χ0n) is 7.88. The molecule has 1 aromatic carbocycles. The lowest BCUT2D eigenvalue weighted by atomic mass is 9.95. The van der Waals surface area contributed by atoms with Crippen molar-refractivity contribution in [2.45, 2.75) is 26.2 Å². The van der Waals surface area contributed by atoms with E-state index >= 15 is 0 Å². The fourth-order valence-corrected chi connectivity index (χ4v) is 1.42. The largest absolute Gasteiger partial charge is 0.0620 e. The van der Waals surface area contributed by atoms with Crippen molar-refractivity contribution in [3.8, 4) is 0 Å². The quantitative estimate of drug-likeness (QED) is 0.635. The van der Waals surface area contributed by atoms with Crippen molar-refractivity contribution in [1.29, 1.82) is 0 Å². The molecule has 0 heterocycles. The summed E-state index contributed by atoms with van der Waals surface area (Å²) in [6, 6.07) is 8.51. The Hall–Kier alpha value is -0.780. The normalized spacial score (nSPS) is 10.7. The molecule has 0 aliphatic carbocycles. The monoisotopic (exact) mass is 160 g/mol. The van der Waals surface area contributed by atoms with Gasteiger partial charge in [0.1, 0.15) is 0 Å². The van der Waals surface area contributed by atoms with Gasteiger partial charge in [-0.25, -0.2) is 0 Å². The molecule has 0 aliphatic heterocycles. The standard InChI is InChI=1S/C12H16/c1-4-7-11-8-5-6-9-12(11)10(2)3/h4-6,8-10H,2,7H2,1,3H3. The average Bonchev–Trinajstić information content (AvgIpc) is 2.05. The van der Waals surface area contributed by atoms with Crippen LogP contribution in [-0.2, 0) is 6.42 Å². The summed E-state index contributed by atoms with van der Waals surface area (Å²) in [6.07, 6.45) is 3.23. The molecule has 2 radical (unpaired) electrons. The molecule has 0 saturated carbocycles. The number of hydrogen-bond donors (Lipinski definition) is 0. The van der Waals surface area contributed by atoms with E-state index in [0.717, 1.165) is 6.42 Å². The zero-order valence-corrected chi connectivity index (χ0v) is 7.88. The van der Waals surface area contributed by atoms with Gasteiger partial charge in [0.05, 0.1) is 0 Å². The lowest BCUT2D eigenvalue weighted by molar-refractivity contribution is 0.929. The topological polar surface area (TPSA) is 0 Å². The fourth-order valence-electron chi connectivity index (χ4n) is 1.42. The van der Waals surface area contributed by atoms with Crippen LogP contribution in [0.5, 0.6) is 0 Å². The van der Waals surface area contributed by atoms with E-state index in [-0.39, 0.29) is 0 Å². The highest BCUT2D eigenvalue weighted by Gasteiger charge is 2.03. The Morgan fingerprint density at radius 3 is 2.67 bits per heavy atom. The maximum Gasteiger partial charge on any atom is -0.0187 e. The van der Waals surface area contributed by atoms with Gasteiger partial charge in [-0.05, 0) is 36.8 Å². The maximum absolute atomic E-state index is 4.04. The molecule has 0 amide bonds. The Balaban J connectivity index is 2.92. The molecule has 0 aromatic heterocycles. The molecule has 1 aromatic rings.